The number of benzene rings is 1. The lowest BCUT2D eigenvalue weighted by Gasteiger charge is -2.51. The van der Waals surface area contributed by atoms with Crippen LogP contribution >= 0.6 is 15.9 Å². The smallest absolute Gasteiger partial charge is 0.200 e. The van der Waals surface area contributed by atoms with Crippen LogP contribution in [0.3, 0.4) is 0 Å². The maximum Gasteiger partial charge on any atom is 0.200 e. The molecule has 3 aliphatic heterocycles. The minimum absolute atomic E-state index is 0.199. The minimum atomic E-state index is -0.356. The van der Waals surface area contributed by atoms with Crippen molar-refractivity contribution in [1.29, 1.82) is 0 Å². The number of nitrogens with zero attached hydrogens (tertiary/aromatic N) is 3. The molecular weight excluding hydrogens is 394 g/mol. The molecule has 5 nitrogen and oxygen atoms in total. The number of furan rings is 1. The van der Waals surface area contributed by atoms with Gasteiger partial charge >= 0.3 is 0 Å². The third-order valence-electron chi connectivity index (χ3n) is 5.85. The van der Waals surface area contributed by atoms with E-state index in [0.717, 1.165) is 60.6 Å². The van der Waals surface area contributed by atoms with E-state index in [2.05, 4.69) is 51.0 Å². The predicted molar refractivity (Wildman–Crippen MR) is 103 cm³/mol. The van der Waals surface area contributed by atoms with Gasteiger partial charge < -0.3 is 14.1 Å². The van der Waals surface area contributed by atoms with Crippen molar-refractivity contribution >= 4 is 21.6 Å². The predicted octanol–water partition coefficient (Wildman–Crippen LogP) is 4.40. The topological polar surface area (TPSA) is 41.2 Å². The first kappa shape index (κ1) is 16.4. The van der Waals surface area contributed by atoms with Crippen LogP contribution < -0.4 is 4.74 Å². The van der Waals surface area contributed by atoms with E-state index in [1.54, 1.807) is 6.26 Å². The third kappa shape index (κ3) is 2.50. The molecule has 4 heterocycles. The highest BCUT2D eigenvalue weighted by molar-refractivity contribution is 9.10. The van der Waals surface area contributed by atoms with Crippen LogP contribution in [0.15, 0.2) is 50.6 Å². The fraction of sp³-hybridized carbons (Fsp3) is 0.450. The lowest BCUT2D eigenvalue weighted by atomic mass is 9.91. The molecule has 0 aliphatic carbocycles. The van der Waals surface area contributed by atoms with Crippen molar-refractivity contribution in [3.8, 4) is 5.75 Å². The van der Waals surface area contributed by atoms with Gasteiger partial charge in [0.05, 0.1) is 12.3 Å². The summed E-state index contributed by atoms with van der Waals surface area (Å²) < 4.78 is 13.3. The SMILES string of the molecule is CCN1CCC2(CC1)Oc1ccc(Br)cc1C1CC(c3ccco3)=NN12. The fourth-order valence-corrected chi connectivity index (χ4v) is 4.77. The summed E-state index contributed by atoms with van der Waals surface area (Å²) in [5.74, 6) is 1.85. The van der Waals surface area contributed by atoms with Gasteiger partial charge in [0.2, 0.25) is 5.72 Å². The molecule has 136 valence electrons. The van der Waals surface area contributed by atoms with Crippen molar-refractivity contribution in [1.82, 2.24) is 9.91 Å². The Morgan fingerprint density at radius 3 is 2.85 bits per heavy atom. The summed E-state index contributed by atoms with van der Waals surface area (Å²) in [6.45, 7) is 5.39. The van der Waals surface area contributed by atoms with Gasteiger partial charge in [0.15, 0.2) is 0 Å². The molecule has 0 N–H and O–H groups in total. The third-order valence-corrected chi connectivity index (χ3v) is 6.34. The van der Waals surface area contributed by atoms with Gasteiger partial charge in [-0.25, -0.2) is 5.01 Å². The van der Waals surface area contributed by atoms with Crippen molar-refractivity contribution in [2.24, 2.45) is 5.10 Å². The molecule has 5 rings (SSSR count). The van der Waals surface area contributed by atoms with E-state index < -0.39 is 0 Å². The molecular formula is C20H22BrN3O2. The van der Waals surface area contributed by atoms with E-state index >= 15 is 0 Å². The van der Waals surface area contributed by atoms with Gasteiger partial charge in [0, 0.05) is 42.4 Å². The fourth-order valence-electron chi connectivity index (χ4n) is 4.39. The Bertz CT molecular complexity index is 841. The molecule has 6 heteroatoms. The molecule has 1 spiro atoms. The summed E-state index contributed by atoms with van der Waals surface area (Å²) in [7, 11) is 0. The minimum Gasteiger partial charge on any atom is -0.466 e. The number of piperidine rings is 1. The van der Waals surface area contributed by atoms with E-state index in [9.17, 15) is 0 Å². The summed E-state index contributed by atoms with van der Waals surface area (Å²) in [4.78, 5) is 2.48. The number of halogens is 1. The Hall–Kier alpha value is -1.79. The maximum absolute atomic E-state index is 6.63. The van der Waals surface area contributed by atoms with Crippen LogP contribution in [-0.2, 0) is 0 Å². The molecule has 1 fully saturated rings. The molecule has 1 saturated heterocycles. The second-order valence-electron chi connectivity index (χ2n) is 7.25. The zero-order valence-corrected chi connectivity index (χ0v) is 16.4. The van der Waals surface area contributed by atoms with Gasteiger partial charge in [-0.3, -0.25) is 0 Å². The van der Waals surface area contributed by atoms with Crippen molar-refractivity contribution in [2.75, 3.05) is 19.6 Å². The lowest BCUT2D eigenvalue weighted by Crippen LogP contribution is -2.59. The average molecular weight is 416 g/mol. The molecule has 1 unspecified atom stereocenters. The molecule has 1 atom stereocenters. The summed E-state index contributed by atoms with van der Waals surface area (Å²) in [5, 5.41) is 7.24. The number of fused-ring (bicyclic) bond motifs is 4. The highest BCUT2D eigenvalue weighted by Gasteiger charge is 2.51. The molecule has 26 heavy (non-hydrogen) atoms. The Kier molecular flexibility index (Phi) is 3.87. The molecule has 0 bridgehead atoms. The maximum atomic E-state index is 6.63. The molecule has 1 aromatic heterocycles. The van der Waals surface area contributed by atoms with Crippen LogP contribution in [0.25, 0.3) is 0 Å². The van der Waals surface area contributed by atoms with Crippen molar-refractivity contribution in [3.63, 3.8) is 0 Å². The first-order chi connectivity index (χ1) is 12.7. The number of hydrazone groups is 1. The zero-order valence-electron chi connectivity index (χ0n) is 14.8. The van der Waals surface area contributed by atoms with E-state index in [1.165, 1.54) is 5.56 Å². The molecule has 0 saturated carbocycles. The standard InChI is InChI=1S/C20H22BrN3O2/c1-2-23-9-7-20(8-10-23)24-17(13-16(22-24)19-4-3-11-25-19)15-12-14(21)5-6-18(15)26-20/h3-6,11-12,17H,2,7-10,13H2,1H3. The Morgan fingerprint density at radius 1 is 1.27 bits per heavy atom. The van der Waals surface area contributed by atoms with Gasteiger partial charge in [0.25, 0.3) is 0 Å². The highest BCUT2D eigenvalue weighted by Crippen LogP contribution is 2.50. The lowest BCUT2D eigenvalue weighted by molar-refractivity contribution is -0.149. The monoisotopic (exact) mass is 415 g/mol. The van der Waals surface area contributed by atoms with Gasteiger partial charge in [-0.05, 0) is 36.9 Å². The molecule has 1 aromatic carbocycles. The second-order valence-corrected chi connectivity index (χ2v) is 8.17. The number of hydrogen-bond donors (Lipinski definition) is 0. The Morgan fingerprint density at radius 2 is 2.12 bits per heavy atom. The van der Waals surface area contributed by atoms with Gasteiger partial charge in [-0.15, -0.1) is 0 Å². The van der Waals surface area contributed by atoms with Gasteiger partial charge in [-0.2, -0.15) is 5.10 Å². The summed E-state index contributed by atoms with van der Waals surface area (Å²) in [5.41, 5.74) is 1.85. The first-order valence-electron chi connectivity index (χ1n) is 9.30. The largest absolute Gasteiger partial charge is 0.466 e. The van der Waals surface area contributed by atoms with E-state index in [-0.39, 0.29) is 11.8 Å². The highest BCUT2D eigenvalue weighted by atomic mass is 79.9. The Balaban J connectivity index is 1.57. The van der Waals surface area contributed by atoms with Crippen LogP contribution in [0, 0.1) is 0 Å². The van der Waals surface area contributed by atoms with Gasteiger partial charge in [0.1, 0.15) is 17.2 Å². The summed E-state index contributed by atoms with van der Waals surface area (Å²) >= 11 is 3.61. The van der Waals surface area contributed by atoms with Crippen LogP contribution in [0.5, 0.6) is 5.75 Å². The Labute approximate surface area is 161 Å². The zero-order chi connectivity index (χ0) is 17.7. The van der Waals surface area contributed by atoms with E-state index in [4.69, 9.17) is 14.3 Å². The average Bonchev–Trinajstić information content (AvgIpc) is 3.33. The molecule has 2 aromatic rings. The summed E-state index contributed by atoms with van der Waals surface area (Å²) in [6, 6.07) is 10.4. The molecule has 3 aliphatic rings. The summed E-state index contributed by atoms with van der Waals surface area (Å²) in [6.07, 6.45) is 4.48. The van der Waals surface area contributed by atoms with E-state index in [0.29, 0.717) is 0 Å². The van der Waals surface area contributed by atoms with Crippen LogP contribution in [0.2, 0.25) is 0 Å². The number of ether oxygens (including phenoxy) is 1. The normalized spacial score (nSPS) is 24.2. The van der Waals surface area contributed by atoms with Crippen molar-refractivity contribution in [2.45, 2.75) is 38.0 Å². The van der Waals surface area contributed by atoms with Crippen molar-refractivity contribution < 1.29 is 9.15 Å². The number of likely N-dealkylation sites (tertiary alicyclic amines) is 1. The number of hydrogen-bond acceptors (Lipinski definition) is 5. The van der Waals surface area contributed by atoms with Gasteiger partial charge in [-0.1, -0.05) is 22.9 Å². The quantitative estimate of drug-likeness (QED) is 0.728. The van der Waals surface area contributed by atoms with Crippen molar-refractivity contribution in [3.05, 3.63) is 52.4 Å². The molecule has 0 amide bonds. The second kappa shape index (κ2) is 6.13. The van der Waals surface area contributed by atoms with E-state index in [1.807, 2.05) is 12.1 Å². The van der Waals surface area contributed by atoms with Crippen LogP contribution in [0.1, 0.15) is 43.6 Å². The van der Waals surface area contributed by atoms with Crippen LogP contribution in [-0.4, -0.2) is 41.0 Å². The number of rotatable bonds is 2. The molecule has 0 radical (unpaired) electrons. The first-order valence-corrected chi connectivity index (χ1v) is 10.1. The van der Waals surface area contributed by atoms with Crippen LogP contribution in [0.4, 0.5) is 0 Å².